The average molecular weight is 535 g/mol. The zero-order valence-electron chi connectivity index (χ0n) is 22.5. The van der Waals surface area contributed by atoms with Gasteiger partial charge in [0.25, 0.3) is 0 Å². The lowest BCUT2D eigenvalue weighted by Crippen LogP contribution is -2.63. The van der Waals surface area contributed by atoms with E-state index in [4.69, 9.17) is 9.31 Å². The molecule has 3 atom stereocenters. The number of amides is 3. The summed E-state index contributed by atoms with van der Waals surface area (Å²) in [6, 6.07) is 13.4. The lowest BCUT2D eigenvalue weighted by atomic mass is 9.78. The Morgan fingerprint density at radius 2 is 1.46 bits per heavy atom. The van der Waals surface area contributed by atoms with Gasteiger partial charge in [-0.15, -0.1) is 0 Å². The minimum absolute atomic E-state index is 0.0348. The largest absolute Gasteiger partial charge is 0.494 e. The molecule has 2 aromatic rings. The summed E-state index contributed by atoms with van der Waals surface area (Å²) < 4.78 is 12.1. The molecule has 10 nitrogen and oxygen atoms in total. The zero-order chi connectivity index (χ0) is 28.4. The van der Waals surface area contributed by atoms with Crippen LogP contribution < -0.4 is 21.4 Å². The molecule has 2 aromatic carbocycles. The van der Waals surface area contributed by atoms with Crippen LogP contribution in [-0.4, -0.2) is 65.2 Å². The summed E-state index contributed by atoms with van der Waals surface area (Å²) in [5.74, 6) is -2.75. The highest BCUT2D eigenvalue weighted by atomic mass is 16.7. The van der Waals surface area contributed by atoms with Gasteiger partial charge in [0, 0.05) is 12.8 Å². The second-order valence-corrected chi connectivity index (χ2v) is 11.0. The Hall–Kier alpha value is -3.70. The van der Waals surface area contributed by atoms with Gasteiger partial charge in [0.05, 0.1) is 17.6 Å². The van der Waals surface area contributed by atoms with Crippen molar-refractivity contribution in [3.63, 3.8) is 0 Å². The van der Waals surface area contributed by atoms with Crippen molar-refractivity contribution in [2.45, 2.75) is 76.3 Å². The maximum atomic E-state index is 12.7. The molecule has 0 unspecified atom stereocenters. The second kappa shape index (κ2) is 11.2. The van der Waals surface area contributed by atoms with Crippen LogP contribution in [0.25, 0.3) is 0 Å². The summed E-state index contributed by atoms with van der Waals surface area (Å²) in [5.41, 5.74) is 1.43. The lowest BCUT2D eigenvalue weighted by Gasteiger charge is -2.32. The number of aliphatic carboxylic acids is 1. The van der Waals surface area contributed by atoms with E-state index in [1.165, 1.54) is 0 Å². The van der Waals surface area contributed by atoms with Gasteiger partial charge in [-0.05, 0) is 44.3 Å². The van der Waals surface area contributed by atoms with Crippen molar-refractivity contribution >= 4 is 36.3 Å². The van der Waals surface area contributed by atoms with Gasteiger partial charge in [0.2, 0.25) is 17.7 Å². The highest BCUT2D eigenvalue weighted by Crippen LogP contribution is 2.36. The highest BCUT2D eigenvalue weighted by molar-refractivity contribution is 6.62. The van der Waals surface area contributed by atoms with E-state index in [9.17, 15) is 24.3 Å². The number of rotatable bonds is 9. The summed E-state index contributed by atoms with van der Waals surface area (Å²) in [7, 11) is -0.539. The third kappa shape index (κ3) is 6.66. The summed E-state index contributed by atoms with van der Waals surface area (Å²) in [4.78, 5) is 49.6. The maximum absolute atomic E-state index is 12.7. The summed E-state index contributed by atoms with van der Waals surface area (Å²) in [6.45, 7) is 7.86. The van der Waals surface area contributed by atoms with Gasteiger partial charge >= 0.3 is 13.1 Å². The molecular weight excluding hydrogens is 501 g/mol. The Balaban J connectivity index is 1.31. The molecule has 2 aliphatic rings. The van der Waals surface area contributed by atoms with E-state index in [1.54, 1.807) is 12.1 Å². The van der Waals surface area contributed by atoms with Gasteiger partial charge in [-0.3, -0.25) is 14.4 Å². The van der Waals surface area contributed by atoms with Gasteiger partial charge in [-0.25, -0.2) is 4.79 Å². The summed E-state index contributed by atoms with van der Waals surface area (Å²) in [5, 5.41) is 17.4. The van der Waals surface area contributed by atoms with E-state index in [0.29, 0.717) is 12.0 Å². The predicted molar refractivity (Wildman–Crippen MR) is 144 cm³/mol. The van der Waals surface area contributed by atoms with Crippen LogP contribution in [0.4, 0.5) is 0 Å². The number of hydrogen-bond acceptors (Lipinski definition) is 6. The minimum atomic E-state index is -1.21. The van der Waals surface area contributed by atoms with Crippen LogP contribution in [0.5, 0.6) is 0 Å². The Kier molecular flexibility index (Phi) is 8.13. The zero-order valence-corrected chi connectivity index (χ0v) is 22.5. The molecule has 2 fully saturated rings. The molecule has 2 aliphatic heterocycles. The molecule has 0 bridgehead atoms. The van der Waals surface area contributed by atoms with Crippen molar-refractivity contribution in [1.82, 2.24) is 16.0 Å². The first kappa shape index (κ1) is 28.3. The molecule has 0 aromatic heterocycles. The maximum Gasteiger partial charge on any atom is 0.494 e. The molecule has 0 radical (unpaired) electrons. The number of carboxylic acid groups (broad SMARTS) is 1. The number of nitrogens with one attached hydrogen (secondary N) is 3. The SMILES string of the molecule is CC1(C)OB(c2ccc(C[C@@H](NC(=O)C[C@@H]3NC(=O)[C@H](Cc4ccccc4)NC3=O)C(=O)O)cc2)OC1(C)C. The Morgan fingerprint density at radius 1 is 0.897 bits per heavy atom. The standard InChI is InChI=1S/C28H34BN3O7/c1-27(2)28(3,4)39-29(38-27)19-12-10-18(11-13-19)15-22(26(36)37)30-23(33)16-21-25(35)31-20(24(34)32-21)14-17-8-6-5-7-9-17/h5-13,20-22H,14-16H2,1-4H3,(H,30,33)(H,31,35)(H,32,34)(H,36,37)/t20-,21-,22+/m0/s1. The van der Waals surface area contributed by atoms with E-state index in [0.717, 1.165) is 11.0 Å². The molecule has 11 heteroatoms. The van der Waals surface area contributed by atoms with Gasteiger partial charge in [-0.1, -0.05) is 54.6 Å². The number of carbonyl (C=O) groups is 4. The predicted octanol–water partition coefficient (Wildman–Crippen LogP) is 0.714. The first-order valence-electron chi connectivity index (χ1n) is 13.0. The van der Waals surface area contributed by atoms with Crippen LogP contribution in [0.3, 0.4) is 0 Å². The van der Waals surface area contributed by atoms with Gasteiger partial charge in [0.15, 0.2) is 0 Å². The van der Waals surface area contributed by atoms with Crippen molar-refractivity contribution in [3.05, 3.63) is 65.7 Å². The molecule has 2 saturated heterocycles. The Morgan fingerprint density at radius 3 is 2.05 bits per heavy atom. The van der Waals surface area contributed by atoms with Crippen LogP contribution >= 0.6 is 0 Å². The molecule has 206 valence electrons. The van der Waals surface area contributed by atoms with Crippen LogP contribution in [0.15, 0.2) is 54.6 Å². The number of piperazine rings is 1. The van der Waals surface area contributed by atoms with E-state index in [-0.39, 0.29) is 12.8 Å². The van der Waals surface area contributed by atoms with Crippen molar-refractivity contribution < 1.29 is 33.6 Å². The minimum Gasteiger partial charge on any atom is -0.480 e. The molecule has 0 aliphatic carbocycles. The third-order valence-corrected chi connectivity index (χ3v) is 7.52. The van der Waals surface area contributed by atoms with E-state index >= 15 is 0 Å². The molecular formula is C28H34BN3O7. The molecule has 39 heavy (non-hydrogen) atoms. The fraction of sp³-hybridized carbons (Fsp3) is 0.429. The Labute approximate surface area is 228 Å². The monoisotopic (exact) mass is 535 g/mol. The first-order chi connectivity index (χ1) is 18.3. The smallest absolute Gasteiger partial charge is 0.480 e. The number of benzene rings is 2. The topological polar surface area (TPSA) is 143 Å². The number of carbonyl (C=O) groups excluding carboxylic acids is 3. The van der Waals surface area contributed by atoms with E-state index in [1.807, 2.05) is 70.2 Å². The van der Waals surface area contributed by atoms with Crippen molar-refractivity contribution in [3.8, 4) is 0 Å². The molecule has 4 N–H and O–H groups in total. The van der Waals surface area contributed by atoms with Crippen LogP contribution in [0.2, 0.25) is 0 Å². The molecule has 0 saturated carbocycles. The van der Waals surface area contributed by atoms with Gasteiger partial charge in [0.1, 0.15) is 18.1 Å². The van der Waals surface area contributed by atoms with Crippen molar-refractivity contribution in [2.75, 3.05) is 0 Å². The second-order valence-electron chi connectivity index (χ2n) is 11.0. The Bertz CT molecular complexity index is 1220. The molecule has 0 spiro atoms. The lowest BCUT2D eigenvalue weighted by molar-refractivity contribution is -0.142. The fourth-order valence-corrected chi connectivity index (χ4v) is 4.48. The van der Waals surface area contributed by atoms with Crippen molar-refractivity contribution in [1.29, 1.82) is 0 Å². The van der Waals surface area contributed by atoms with E-state index < -0.39 is 60.1 Å². The first-order valence-corrected chi connectivity index (χ1v) is 13.0. The number of hydrogen-bond donors (Lipinski definition) is 4. The average Bonchev–Trinajstić information content (AvgIpc) is 3.09. The summed E-state index contributed by atoms with van der Waals surface area (Å²) in [6.07, 6.45) is -0.0148. The fourth-order valence-electron chi connectivity index (χ4n) is 4.48. The molecule has 3 amide bonds. The molecule has 2 heterocycles. The summed E-state index contributed by atoms with van der Waals surface area (Å²) >= 11 is 0. The van der Waals surface area contributed by atoms with Crippen LogP contribution in [0, 0.1) is 0 Å². The van der Waals surface area contributed by atoms with Crippen molar-refractivity contribution in [2.24, 2.45) is 0 Å². The third-order valence-electron chi connectivity index (χ3n) is 7.52. The number of carboxylic acids is 1. The normalized spacial score (nSPS) is 22.5. The quantitative estimate of drug-likeness (QED) is 0.347. The molecule has 4 rings (SSSR count). The van der Waals surface area contributed by atoms with Crippen LogP contribution in [-0.2, 0) is 41.3 Å². The highest BCUT2D eigenvalue weighted by Gasteiger charge is 2.51. The van der Waals surface area contributed by atoms with Crippen LogP contribution in [0.1, 0.15) is 45.2 Å². The van der Waals surface area contributed by atoms with E-state index in [2.05, 4.69) is 16.0 Å². The van der Waals surface area contributed by atoms with Gasteiger partial charge < -0.3 is 30.4 Å². The van der Waals surface area contributed by atoms with Gasteiger partial charge in [-0.2, -0.15) is 0 Å².